The van der Waals surface area contributed by atoms with Crippen LogP contribution in [0.3, 0.4) is 0 Å². The maximum Gasteiger partial charge on any atom is 0.416 e. The number of hydrogen-bond donors (Lipinski definition) is 1. The maximum atomic E-state index is 12.7. The van der Waals surface area contributed by atoms with Gasteiger partial charge in [-0.1, -0.05) is 0 Å². The topological polar surface area (TPSA) is 42.2 Å². The number of carboxylic acids is 1. The number of halogens is 3. The van der Waals surface area contributed by atoms with E-state index in [1.165, 1.54) is 13.0 Å². The summed E-state index contributed by atoms with van der Waals surface area (Å²) in [6.07, 6.45) is -2.88. The zero-order chi connectivity index (χ0) is 14.4. The first-order chi connectivity index (χ1) is 8.71. The van der Waals surface area contributed by atoms with Gasteiger partial charge >= 0.3 is 12.1 Å². The third-order valence-corrected chi connectivity index (χ3v) is 3.18. The minimum atomic E-state index is -4.44. The van der Waals surface area contributed by atoms with E-state index in [0.29, 0.717) is 16.5 Å². The van der Waals surface area contributed by atoms with Gasteiger partial charge in [-0.15, -0.1) is 0 Å². The van der Waals surface area contributed by atoms with Crippen molar-refractivity contribution in [3.63, 3.8) is 0 Å². The lowest BCUT2D eigenvalue weighted by Gasteiger charge is -2.08. The molecule has 2 rings (SSSR count). The molecule has 0 bridgehead atoms. The lowest BCUT2D eigenvalue weighted by molar-refractivity contribution is -0.138. The molecule has 1 N–H and O–H groups in total. The Morgan fingerprint density at radius 2 is 2.00 bits per heavy atom. The molecule has 0 aliphatic heterocycles. The van der Waals surface area contributed by atoms with Gasteiger partial charge in [-0.2, -0.15) is 13.2 Å². The lowest BCUT2D eigenvalue weighted by atomic mass is 9.99. The molecule has 0 fully saturated rings. The first-order valence-corrected chi connectivity index (χ1v) is 5.61. The number of carbonyl (C=O) groups is 1. The van der Waals surface area contributed by atoms with Gasteiger partial charge in [0.05, 0.1) is 11.5 Å². The van der Waals surface area contributed by atoms with Crippen molar-refractivity contribution in [1.29, 1.82) is 0 Å². The van der Waals surface area contributed by atoms with Crippen molar-refractivity contribution in [2.24, 2.45) is 7.05 Å². The molecule has 0 spiro atoms. The summed E-state index contributed by atoms with van der Waals surface area (Å²) in [6, 6.07) is 3.36. The summed E-state index contributed by atoms with van der Waals surface area (Å²) in [6.45, 7) is 1.46. The second-order valence-electron chi connectivity index (χ2n) is 4.48. The van der Waals surface area contributed by atoms with Crippen molar-refractivity contribution in [1.82, 2.24) is 4.57 Å². The minimum absolute atomic E-state index is 0.326. The normalized spacial score (nSPS) is 13.7. The van der Waals surface area contributed by atoms with Crippen molar-refractivity contribution in [3.8, 4) is 0 Å². The molecule has 1 aromatic carbocycles. The Kier molecular flexibility index (Phi) is 3.04. The largest absolute Gasteiger partial charge is 0.481 e. The van der Waals surface area contributed by atoms with Crippen LogP contribution in [-0.2, 0) is 18.0 Å². The molecule has 0 aliphatic carbocycles. The molecule has 0 radical (unpaired) electrons. The average Bonchev–Trinajstić information content (AvgIpc) is 2.64. The highest BCUT2D eigenvalue weighted by Gasteiger charge is 2.31. The molecule has 0 saturated heterocycles. The molecule has 19 heavy (non-hydrogen) atoms. The molecule has 0 amide bonds. The van der Waals surface area contributed by atoms with Crippen LogP contribution in [0.25, 0.3) is 10.9 Å². The van der Waals surface area contributed by atoms with Gasteiger partial charge in [0.15, 0.2) is 0 Å². The molecule has 1 aromatic heterocycles. The van der Waals surface area contributed by atoms with Gasteiger partial charge in [0.25, 0.3) is 0 Å². The first-order valence-electron chi connectivity index (χ1n) is 5.61. The number of aryl methyl sites for hydroxylation is 1. The van der Waals surface area contributed by atoms with Crippen molar-refractivity contribution in [2.75, 3.05) is 0 Å². The molecule has 0 saturated carbocycles. The number of aromatic nitrogens is 1. The first kappa shape index (κ1) is 13.5. The molecule has 102 valence electrons. The van der Waals surface area contributed by atoms with Crippen LogP contribution in [0.15, 0.2) is 24.4 Å². The van der Waals surface area contributed by atoms with E-state index in [1.54, 1.807) is 17.8 Å². The molecule has 2 aromatic rings. The Balaban J connectivity index is 2.69. The SMILES string of the molecule is CC(C(=O)O)c1cn(C)c2ccc(C(F)(F)F)cc12. The summed E-state index contributed by atoms with van der Waals surface area (Å²) in [5.74, 6) is -1.92. The monoisotopic (exact) mass is 271 g/mol. The number of aliphatic carboxylic acids is 1. The van der Waals surface area contributed by atoms with E-state index in [4.69, 9.17) is 5.11 Å². The summed E-state index contributed by atoms with van der Waals surface area (Å²) in [5, 5.41) is 9.33. The zero-order valence-corrected chi connectivity index (χ0v) is 10.3. The summed E-state index contributed by atoms with van der Waals surface area (Å²) < 4.78 is 39.7. The van der Waals surface area contributed by atoms with Crippen molar-refractivity contribution in [2.45, 2.75) is 19.0 Å². The molecule has 6 heteroatoms. The van der Waals surface area contributed by atoms with Crippen molar-refractivity contribution in [3.05, 3.63) is 35.5 Å². The van der Waals surface area contributed by atoms with Crippen LogP contribution < -0.4 is 0 Å². The maximum absolute atomic E-state index is 12.7. The molecule has 1 unspecified atom stereocenters. The van der Waals surface area contributed by atoms with Gasteiger partial charge in [0.2, 0.25) is 0 Å². The van der Waals surface area contributed by atoms with Gasteiger partial charge in [-0.25, -0.2) is 0 Å². The van der Waals surface area contributed by atoms with Gasteiger partial charge in [-0.3, -0.25) is 4.79 Å². The summed E-state index contributed by atoms with van der Waals surface area (Å²) in [5.41, 5.74) is 0.192. The van der Waals surface area contributed by atoms with E-state index in [1.807, 2.05) is 0 Å². The Labute approximate surface area is 107 Å². The summed E-state index contributed by atoms with van der Waals surface area (Å²) in [7, 11) is 1.67. The number of rotatable bonds is 2. The third kappa shape index (κ3) is 2.30. The van der Waals surface area contributed by atoms with Crippen LogP contribution in [0.2, 0.25) is 0 Å². The van der Waals surface area contributed by atoms with E-state index in [2.05, 4.69) is 0 Å². The van der Waals surface area contributed by atoms with Crippen LogP contribution >= 0.6 is 0 Å². The second kappa shape index (κ2) is 4.29. The van der Waals surface area contributed by atoms with E-state index in [9.17, 15) is 18.0 Å². The van der Waals surface area contributed by atoms with E-state index in [0.717, 1.165) is 12.1 Å². The van der Waals surface area contributed by atoms with Gasteiger partial charge in [0, 0.05) is 24.1 Å². The molecule has 1 atom stereocenters. The molecular weight excluding hydrogens is 259 g/mol. The number of benzene rings is 1. The van der Waals surface area contributed by atoms with E-state index in [-0.39, 0.29) is 0 Å². The van der Waals surface area contributed by atoms with E-state index < -0.39 is 23.6 Å². The molecule has 0 aliphatic rings. The molecule has 1 heterocycles. The van der Waals surface area contributed by atoms with Crippen molar-refractivity contribution < 1.29 is 23.1 Å². The Morgan fingerprint density at radius 1 is 1.37 bits per heavy atom. The zero-order valence-electron chi connectivity index (χ0n) is 10.3. The molecule has 3 nitrogen and oxygen atoms in total. The number of nitrogens with zero attached hydrogens (tertiary/aromatic N) is 1. The van der Waals surface area contributed by atoms with Crippen LogP contribution in [0.4, 0.5) is 13.2 Å². The van der Waals surface area contributed by atoms with Crippen molar-refractivity contribution >= 4 is 16.9 Å². The van der Waals surface area contributed by atoms with Crippen LogP contribution in [-0.4, -0.2) is 15.6 Å². The van der Waals surface area contributed by atoms with Crippen LogP contribution in [0, 0.1) is 0 Å². The predicted molar refractivity (Wildman–Crippen MR) is 64.0 cm³/mol. The summed E-state index contributed by atoms with van der Waals surface area (Å²) in [4.78, 5) is 11.0. The minimum Gasteiger partial charge on any atom is -0.481 e. The average molecular weight is 271 g/mol. The predicted octanol–water partition coefficient (Wildman–Crippen LogP) is 3.39. The summed E-state index contributed by atoms with van der Waals surface area (Å²) >= 11 is 0. The van der Waals surface area contributed by atoms with Crippen LogP contribution in [0.5, 0.6) is 0 Å². The highest BCUT2D eigenvalue weighted by Crippen LogP contribution is 2.34. The fourth-order valence-corrected chi connectivity index (χ4v) is 2.08. The van der Waals surface area contributed by atoms with Gasteiger partial charge in [0.1, 0.15) is 0 Å². The smallest absolute Gasteiger partial charge is 0.416 e. The fourth-order valence-electron chi connectivity index (χ4n) is 2.08. The fraction of sp³-hybridized carbons (Fsp3) is 0.308. The van der Waals surface area contributed by atoms with E-state index >= 15 is 0 Å². The Morgan fingerprint density at radius 3 is 2.53 bits per heavy atom. The highest BCUT2D eigenvalue weighted by molar-refractivity contribution is 5.90. The second-order valence-corrected chi connectivity index (χ2v) is 4.48. The Hall–Kier alpha value is -1.98. The number of alkyl halides is 3. The van der Waals surface area contributed by atoms with Gasteiger partial charge < -0.3 is 9.67 Å². The number of hydrogen-bond acceptors (Lipinski definition) is 1. The number of fused-ring (bicyclic) bond motifs is 1. The standard InChI is InChI=1S/C13H12F3NO2/c1-7(12(18)19)10-6-17(2)11-4-3-8(5-9(10)11)13(14,15)16/h3-7H,1-2H3,(H,18,19). The molecular formula is C13H12F3NO2. The third-order valence-electron chi connectivity index (χ3n) is 3.18. The quantitative estimate of drug-likeness (QED) is 0.909. The van der Waals surface area contributed by atoms with Gasteiger partial charge in [-0.05, 0) is 30.7 Å². The van der Waals surface area contributed by atoms with Crippen LogP contribution in [0.1, 0.15) is 24.0 Å². The highest BCUT2D eigenvalue weighted by atomic mass is 19.4. The lowest BCUT2D eigenvalue weighted by Crippen LogP contribution is -2.07. The number of carboxylic acid groups (broad SMARTS) is 1. The Bertz CT molecular complexity index is 643.